The number of methoxy groups -OCH3 is 2. The summed E-state index contributed by atoms with van der Waals surface area (Å²) in [5.74, 6) is 0.164. The Morgan fingerprint density at radius 2 is 2.00 bits per heavy atom. The van der Waals surface area contributed by atoms with E-state index in [0.717, 1.165) is 0 Å². The summed E-state index contributed by atoms with van der Waals surface area (Å²) in [4.78, 5) is 24.6. The van der Waals surface area contributed by atoms with Gasteiger partial charge in [-0.2, -0.15) is 0 Å². The maximum atomic E-state index is 12.1. The van der Waals surface area contributed by atoms with Crippen molar-refractivity contribution in [2.24, 2.45) is 0 Å². The molecule has 0 atom stereocenters. The summed E-state index contributed by atoms with van der Waals surface area (Å²) >= 11 is 3.33. The summed E-state index contributed by atoms with van der Waals surface area (Å²) < 4.78 is 10.3. The third-order valence-electron chi connectivity index (χ3n) is 2.62. The van der Waals surface area contributed by atoms with Crippen molar-refractivity contribution in [1.82, 2.24) is 4.90 Å². The topological polar surface area (TPSA) is 55.8 Å². The molecule has 0 aliphatic heterocycles. The predicted octanol–water partition coefficient (Wildman–Crippen LogP) is 2.09. The molecule has 0 saturated heterocycles. The van der Waals surface area contributed by atoms with E-state index in [0.29, 0.717) is 22.3 Å². The Labute approximate surface area is 120 Å². The molecule has 0 heterocycles. The smallest absolute Gasteiger partial charge is 0.307 e. The largest absolute Gasteiger partial charge is 0.496 e. The van der Waals surface area contributed by atoms with Crippen molar-refractivity contribution in [1.29, 1.82) is 0 Å². The van der Waals surface area contributed by atoms with Crippen molar-refractivity contribution in [3.05, 3.63) is 28.2 Å². The van der Waals surface area contributed by atoms with E-state index in [-0.39, 0.29) is 18.3 Å². The maximum Gasteiger partial charge on any atom is 0.307 e. The number of ether oxygens (including phenoxy) is 2. The van der Waals surface area contributed by atoms with Crippen molar-refractivity contribution >= 4 is 27.8 Å². The first-order valence-electron chi connectivity index (χ1n) is 5.65. The van der Waals surface area contributed by atoms with Crippen LogP contribution in [0, 0.1) is 0 Å². The Morgan fingerprint density at radius 3 is 2.53 bits per heavy atom. The van der Waals surface area contributed by atoms with E-state index in [2.05, 4.69) is 20.7 Å². The molecule has 1 amide bonds. The first-order valence-corrected chi connectivity index (χ1v) is 6.44. The molecule has 0 aliphatic rings. The molecule has 1 aromatic carbocycles. The van der Waals surface area contributed by atoms with Gasteiger partial charge in [0.05, 0.1) is 25.1 Å². The summed E-state index contributed by atoms with van der Waals surface area (Å²) in [6.45, 7) is 0.315. The number of esters is 1. The Morgan fingerprint density at radius 1 is 1.32 bits per heavy atom. The Kier molecular flexibility index (Phi) is 5.82. The van der Waals surface area contributed by atoms with Crippen LogP contribution in [0.15, 0.2) is 22.7 Å². The van der Waals surface area contributed by atoms with Gasteiger partial charge in [0.15, 0.2) is 0 Å². The highest BCUT2D eigenvalue weighted by Gasteiger charge is 2.14. The van der Waals surface area contributed by atoms with Gasteiger partial charge in [-0.3, -0.25) is 9.59 Å². The molecule has 19 heavy (non-hydrogen) atoms. The minimum atomic E-state index is -0.337. The summed E-state index contributed by atoms with van der Waals surface area (Å²) in [6.07, 6.45) is 0.177. The lowest BCUT2D eigenvalue weighted by Crippen LogP contribution is -2.29. The summed E-state index contributed by atoms with van der Waals surface area (Å²) in [7, 11) is 4.53. The molecule has 0 saturated carbocycles. The monoisotopic (exact) mass is 329 g/mol. The van der Waals surface area contributed by atoms with Gasteiger partial charge in [-0.25, -0.2) is 0 Å². The molecule has 1 rings (SSSR count). The number of benzene rings is 1. The van der Waals surface area contributed by atoms with Gasteiger partial charge in [0.2, 0.25) is 0 Å². The molecule has 104 valence electrons. The summed E-state index contributed by atoms with van der Waals surface area (Å²) in [6, 6.07) is 5.09. The lowest BCUT2D eigenvalue weighted by molar-refractivity contribution is -0.140. The average Bonchev–Trinajstić information content (AvgIpc) is 2.43. The van der Waals surface area contributed by atoms with Gasteiger partial charge >= 0.3 is 5.97 Å². The molecule has 0 aliphatic carbocycles. The van der Waals surface area contributed by atoms with Crippen LogP contribution in [0.4, 0.5) is 0 Å². The standard InChI is InChI=1S/C13H16BrNO4/c1-15(7-6-12(16)19-3)13(17)9-4-5-11(18-2)10(14)8-9/h4-5,8H,6-7H2,1-3H3. The molecule has 0 fully saturated rings. The molecule has 0 unspecified atom stereocenters. The number of carbonyl (C=O) groups is 2. The fourth-order valence-electron chi connectivity index (χ4n) is 1.48. The van der Waals surface area contributed by atoms with E-state index in [1.54, 1.807) is 32.4 Å². The van der Waals surface area contributed by atoms with Crippen LogP contribution in [0.25, 0.3) is 0 Å². The van der Waals surface area contributed by atoms with Crippen molar-refractivity contribution < 1.29 is 19.1 Å². The minimum absolute atomic E-state index is 0.160. The van der Waals surface area contributed by atoms with Gasteiger partial charge in [-0.15, -0.1) is 0 Å². The van der Waals surface area contributed by atoms with E-state index >= 15 is 0 Å². The van der Waals surface area contributed by atoms with Gasteiger partial charge < -0.3 is 14.4 Å². The van der Waals surface area contributed by atoms with Gasteiger partial charge in [-0.1, -0.05) is 0 Å². The maximum absolute atomic E-state index is 12.1. The molecule has 0 radical (unpaired) electrons. The summed E-state index contributed by atoms with van der Waals surface area (Å²) in [5, 5.41) is 0. The lowest BCUT2D eigenvalue weighted by Gasteiger charge is -2.17. The number of rotatable bonds is 5. The van der Waals surface area contributed by atoms with Gasteiger partial charge in [-0.05, 0) is 34.1 Å². The molecule has 0 spiro atoms. The first-order chi connectivity index (χ1) is 8.99. The second kappa shape index (κ2) is 7.13. The molecule has 1 aromatic rings. The highest BCUT2D eigenvalue weighted by Crippen LogP contribution is 2.25. The number of carbonyl (C=O) groups excluding carboxylic acids is 2. The zero-order valence-electron chi connectivity index (χ0n) is 11.1. The van der Waals surface area contributed by atoms with Crippen molar-refractivity contribution in [3.63, 3.8) is 0 Å². The fraction of sp³-hybridized carbons (Fsp3) is 0.385. The number of halogens is 1. The number of hydrogen-bond donors (Lipinski definition) is 0. The van der Waals surface area contributed by atoms with Crippen LogP contribution in [0.3, 0.4) is 0 Å². The SMILES string of the molecule is COC(=O)CCN(C)C(=O)c1ccc(OC)c(Br)c1. The number of amides is 1. The van der Waals surface area contributed by atoms with Crippen LogP contribution in [-0.2, 0) is 9.53 Å². The molecule has 6 heteroatoms. The van der Waals surface area contributed by atoms with Crippen LogP contribution in [0.1, 0.15) is 16.8 Å². The van der Waals surface area contributed by atoms with E-state index in [9.17, 15) is 9.59 Å². The Hall–Kier alpha value is -1.56. The molecular weight excluding hydrogens is 314 g/mol. The minimum Gasteiger partial charge on any atom is -0.496 e. The van der Waals surface area contributed by atoms with Crippen LogP contribution < -0.4 is 4.74 Å². The van der Waals surface area contributed by atoms with Crippen molar-refractivity contribution in [2.75, 3.05) is 27.8 Å². The van der Waals surface area contributed by atoms with E-state index in [4.69, 9.17) is 4.74 Å². The third kappa shape index (κ3) is 4.24. The molecular formula is C13H16BrNO4. The second-order valence-electron chi connectivity index (χ2n) is 3.90. The highest BCUT2D eigenvalue weighted by atomic mass is 79.9. The van der Waals surface area contributed by atoms with Gasteiger partial charge in [0, 0.05) is 19.2 Å². The Bertz CT molecular complexity index is 476. The number of nitrogens with zero attached hydrogens (tertiary/aromatic N) is 1. The highest BCUT2D eigenvalue weighted by molar-refractivity contribution is 9.10. The quantitative estimate of drug-likeness (QED) is 0.776. The first kappa shape index (κ1) is 15.5. The zero-order chi connectivity index (χ0) is 14.4. The normalized spacial score (nSPS) is 9.89. The lowest BCUT2D eigenvalue weighted by atomic mass is 10.2. The average molecular weight is 330 g/mol. The summed E-state index contributed by atoms with van der Waals surface area (Å²) in [5.41, 5.74) is 0.528. The van der Waals surface area contributed by atoms with E-state index in [1.165, 1.54) is 12.0 Å². The third-order valence-corrected chi connectivity index (χ3v) is 3.24. The zero-order valence-corrected chi connectivity index (χ0v) is 12.7. The molecule has 0 bridgehead atoms. The van der Waals surface area contributed by atoms with Crippen LogP contribution in [0.5, 0.6) is 5.75 Å². The molecule has 5 nitrogen and oxygen atoms in total. The van der Waals surface area contributed by atoms with Crippen molar-refractivity contribution in [2.45, 2.75) is 6.42 Å². The van der Waals surface area contributed by atoms with Gasteiger partial charge in [0.1, 0.15) is 5.75 Å². The fourth-order valence-corrected chi connectivity index (χ4v) is 2.02. The number of hydrogen-bond acceptors (Lipinski definition) is 4. The van der Waals surface area contributed by atoms with E-state index in [1.807, 2.05) is 0 Å². The molecule has 0 N–H and O–H groups in total. The Balaban J connectivity index is 2.71. The second-order valence-corrected chi connectivity index (χ2v) is 4.76. The van der Waals surface area contributed by atoms with Crippen LogP contribution in [-0.4, -0.2) is 44.6 Å². The molecule has 0 aromatic heterocycles. The van der Waals surface area contributed by atoms with E-state index < -0.39 is 0 Å². The van der Waals surface area contributed by atoms with Gasteiger partial charge in [0.25, 0.3) is 5.91 Å². The van der Waals surface area contributed by atoms with Crippen LogP contribution in [0.2, 0.25) is 0 Å². The van der Waals surface area contributed by atoms with Crippen molar-refractivity contribution in [3.8, 4) is 5.75 Å². The van der Waals surface area contributed by atoms with Crippen LogP contribution >= 0.6 is 15.9 Å². The predicted molar refractivity (Wildman–Crippen MR) is 74.3 cm³/mol.